The Balaban J connectivity index is 1.50. The van der Waals surface area contributed by atoms with E-state index in [0.717, 1.165) is 10.1 Å². The van der Waals surface area contributed by atoms with Gasteiger partial charge in [-0.05, 0) is 36.8 Å². The first-order valence-corrected chi connectivity index (χ1v) is 12.0. The number of ketones is 1. The van der Waals surface area contributed by atoms with Gasteiger partial charge in [-0.25, -0.2) is 15.0 Å². The average molecular weight is 512 g/mol. The number of Topliss-reactive ketones (excluding diaryl/α,β-unsaturated/α-hetero) is 1. The molecule has 1 aromatic carbocycles. The van der Waals surface area contributed by atoms with Gasteiger partial charge in [-0.1, -0.05) is 19.1 Å². The van der Waals surface area contributed by atoms with Gasteiger partial charge in [-0.15, -0.1) is 0 Å². The number of hydrogen-bond donors (Lipinski definition) is 1. The van der Waals surface area contributed by atoms with Gasteiger partial charge in [0.25, 0.3) is 0 Å². The molecule has 8 nitrogen and oxygen atoms in total. The van der Waals surface area contributed by atoms with Crippen LogP contribution < -0.4 is 5.32 Å². The molecule has 5 rings (SSSR count). The van der Waals surface area contributed by atoms with E-state index in [1.807, 2.05) is 6.92 Å². The van der Waals surface area contributed by atoms with Crippen molar-refractivity contribution in [2.75, 3.05) is 0 Å². The molecule has 2 aromatic heterocycles. The van der Waals surface area contributed by atoms with Crippen LogP contribution in [0.25, 0.3) is 22.5 Å². The molecule has 1 aliphatic heterocycles. The van der Waals surface area contributed by atoms with Crippen LogP contribution in [0.5, 0.6) is 0 Å². The van der Waals surface area contributed by atoms with E-state index in [9.17, 15) is 27.6 Å². The molecule has 0 spiro atoms. The highest BCUT2D eigenvalue weighted by molar-refractivity contribution is 6.02. The van der Waals surface area contributed by atoms with Crippen LogP contribution in [0.2, 0.25) is 0 Å². The zero-order chi connectivity index (χ0) is 26.5. The summed E-state index contributed by atoms with van der Waals surface area (Å²) in [5.74, 6) is -2.84. The second-order valence-electron chi connectivity index (χ2n) is 9.61. The lowest BCUT2D eigenvalue weighted by Crippen LogP contribution is -2.45. The van der Waals surface area contributed by atoms with Gasteiger partial charge in [-0.3, -0.25) is 19.7 Å². The number of piperidine rings is 1. The Kier molecular flexibility index (Phi) is 6.17. The van der Waals surface area contributed by atoms with Gasteiger partial charge in [0.1, 0.15) is 6.33 Å². The van der Waals surface area contributed by atoms with Crippen molar-refractivity contribution < 1.29 is 27.6 Å². The van der Waals surface area contributed by atoms with E-state index in [0.29, 0.717) is 36.0 Å². The normalized spacial score (nSPS) is 20.9. The number of carbonyl (C=O) groups excluding carboxylic acids is 3. The largest absolute Gasteiger partial charge is 0.449 e. The van der Waals surface area contributed by atoms with E-state index >= 15 is 0 Å². The summed E-state index contributed by atoms with van der Waals surface area (Å²) in [6.45, 7) is 1.86. The fourth-order valence-electron chi connectivity index (χ4n) is 5.53. The number of nitrogens with zero attached hydrogens (tertiary/aromatic N) is 4. The van der Waals surface area contributed by atoms with Gasteiger partial charge >= 0.3 is 6.18 Å². The molecular weight excluding hydrogens is 487 g/mol. The smallest absolute Gasteiger partial charge is 0.323 e. The van der Waals surface area contributed by atoms with Crippen molar-refractivity contribution in [2.24, 2.45) is 24.8 Å². The Morgan fingerprint density at radius 3 is 2.41 bits per heavy atom. The number of nitrogens with one attached hydrogen (secondary N) is 1. The fourth-order valence-corrected chi connectivity index (χ4v) is 5.53. The number of aromatic nitrogens is 4. The van der Waals surface area contributed by atoms with Gasteiger partial charge < -0.3 is 4.57 Å². The highest BCUT2D eigenvalue weighted by Gasteiger charge is 2.41. The minimum Gasteiger partial charge on any atom is -0.323 e. The van der Waals surface area contributed by atoms with Gasteiger partial charge in [0, 0.05) is 54.4 Å². The van der Waals surface area contributed by atoms with Crippen molar-refractivity contribution in [2.45, 2.75) is 38.8 Å². The molecule has 2 amide bonds. The van der Waals surface area contributed by atoms with Crippen molar-refractivity contribution >= 4 is 17.6 Å². The van der Waals surface area contributed by atoms with E-state index in [1.54, 1.807) is 18.2 Å². The number of alkyl halides is 3. The summed E-state index contributed by atoms with van der Waals surface area (Å²) in [5.41, 5.74) is 2.40. The summed E-state index contributed by atoms with van der Waals surface area (Å²) in [4.78, 5) is 49.1. The van der Waals surface area contributed by atoms with Gasteiger partial charge in [0.05, 0.1) is 11.4 Å². The van der Waals surface area contributed by atoms with E-state index in [2.05, 4.69) is 20.3 Å². The third kappa shape index (κ3) is 4.42. The number of benzene rings is 1. The maximum atomic E-state index is 13.7. The zero-order valence-corrected chi connectivity index (χ0v) is 20.2. The summed E-state index contributed by atoms with van der Waals surface area (Å²) in [6.07, 6.45) is 1.17. The number of aryl methyl sites for hydroxylation is 1. The van der Waals surface area contributed by atoms with Crippen LogP contribution in [-0.2, 0) is 29.2 Å². The molecule has 1 fully saturated rings. The van der Waals surface area contributed by atoms with E-state index in [1.165, 1.54) is 25.8 Å². The maximum absolute atomic E-state index is 13.7. The molecule has 192 valence electrons. The van der Waals surface area contributed by atoms with Crippen LogP contribution in [0.4, 0.5) is 13.2 Å². The number of hydrogen-bond acceptors (Lipinski definition) is 6. The topological polar surface area (TPSA) is 107 Å². The van der Waals surface area contributed by atoms with Gasteiger partial charge in [0.15, 0.2) is 5.78 Å². The molecule has 3 atom stereocenters. The first-order valence-electron chi connectivity index (χ1n) is 12.0. The Bertz CT molecular complexity index is 1400. The minimum absolute atomic E-state index is 0.0984. The van der Waals surface area contributed by atoms with Crippen LogP contribution in [0.1, 0.15) is 47.9 Å². The molecule has 0 saturated carbocycles. The van der Waals surface area contributed by atoms with E-state index in [4.69, 9.17) is 0 Å². The third-order valence-electron chi connectivity index (χ3n) is 7.44. The number of imide groups is 1. The molecule has 3 heterocycles. The second kappa shape index (κ2) is 9.20. The van der Waals surface area contributed by atoms with Crippen molar-refractivity contribution in [3.8, 4) is 22.5 Å². The number of rotatable bonds is 4. The molecule has 1 saturated heterocycles. The van der Waals surface area contributed by atoms with Crippen molar-refractivity contribution in [3.63, 3.8) is 0 Å². The monoisotopic (exact) mass is 511 g/mol. The van der Waals surface area contributed by atoms with Crippen LogP contribution in [0.15, 0.2) is 36.9 Å². The standard InChI is InChI=1S/C26H24F3N5O3/c1-13(18-7-8-20(35)32-24(18)37)17-5-3-14-9-15(4-6-19(14)23(17)36)21-22(16-10-30-12-31-11-16)34(2)25(33-21)26(27,28)29/h4,6,9-13,17-18H,3,5,7-8H2,1-2H3,(H,32,35,37). The third-order valence-corrected chi connectivity index (χ3v) is 7.44. The second-order valence-corrected chi connectivity index (χ2v) is 9.61. The minimum atomic E-state index is -4.67. The maximum Gasteiger partial charge on any atom is 0.449 e. The number of amides is 2. The highest BCUT2D eigenvalue weighted by Crippen LogP contribution is 2.40. The lowest BCUT2D eigenvalue weighted by atomic mass is 9.70. The summed E-state index contributed by atoms with van der Waals surface area (Å²) >= 11 is 0. The molecule has 1 aliphatic carbocycles. The van der Waals surface area contributed by atoms with Crippen molar-refractivity contribution in [1.82, 2.24) is 24.8 Å². The first-order chi connectivity index (χ1) is 17.6. The Morgan fingerprint density at radius 1 is 1.03 bits per heavy atom. The molecular formula is C26H24F3N5O3. The van der Waals surface area contributed by atoms with E-state index in [-0.39, 0.29) is 47.2 Å². The summed E-state index contributed by atoms with van der Waals surface area (Å²) in [5, 5.41) is 2.36. The molecule has 2 aliphatic rings. The summed E-state index contributed by atoms with van der Waals surface area (Å²) in [6, 6.07) is 4.95. The average Bonchev–Trinajstić information content (AvgIpc) is 3.22. The SMILES string of the molecule is CC(C1CCC(=O)NC1=O)C1CCc2cc(-c3nc(C(F)(F)F)n(C)c3-c3cncnc3)ccc2C1=O. The molecule has 1 N–H and O–H groups in total. The fraction of sp³-hybridized carbons (Fsp3) is 0.385. The molecule has 37 heavy (non-hydrogen) atoms. The number of imidazole rings is 1. The predicted octanol–water partition coefficient (Wildman–Crippen LogP) is 4.00. The Labute approximate surface area is 210 Å². The molecule has 3 unspecified atom stereocenters. The van der Waals surface area contributed by atoms with Gasteiger partial charge in [-0.2, -0.15) is 13.2 Å². The molecule has 3 aromatic rings. The number of carbonyl (C=O) groups is 3. The van der Waals surface area contributed by atoms with Gasteiger partial charge in [0.2, 0.25) is 17.6 Å². The summed E-state index contributed by atoms with van der Waals surface area (Å²) in [7, 11) is 1.30. The quantitative estimate of drug-likeness (QED) is 0.531. The Hall–Kier alpha value is -3.89. The van der Waals surface area contributed by atoms with Crippen LogP contribution >= 0.6 is 0 Å². The first kappa shape index (κ1) is 24.8. The number of fused-ring (bicyclic) bond motifs is 1. The predicted molar refractivity (Wildman–Crippen MR) is 126 cm³/mol. The lowest BCUT2D eigenvalue weighted by molar-refractivity contribution is -0.146. The molecule has 11 heteroatoms. The summed E-state index contributed by atoms with van der Waals surface area (Å²) < 4.78 is 42.1. The Morgan fingerprint density at radius 2 is 1.73 bits per heavy atom. The molecule has 0 radical (unpaired) electrons. The zero-order valence-electron chi connectivity index (χ0n) is 20.2. The van der Waals surface area contributed by atoms with E-state index < -0.39 is 17.9 Å². The van der Waals surface area contributed by atoms with Crippen molar-refractivity contribution in [3.05, 3.63) is 53.9 Å². The van der Waals surface area contributed by atoms with Crippen LogP contribution in [0, 0.1) is 17.8 Å². The number of halogens is 3. The van der Waals surface area contributed by atoms with Crippen LogP contribution in [-0.4, -0.2) is 37.1 Å². The molecule has 0 bridgehead atoms. The van der Waals surface area contributed by atoms with Crippen molar-refractivity contribution in [1.29, 1.82) is 0 Å². The lowest BCUT2D eigenvalue weighted by Gasteiger charge is -2.34. The van der Waals surface area contributed by atoms with Crippen LogP contribution in [0.3, 0.4) is 0 Å². The highest BCUT2D eigenvalue weighted by atomic mass is 19.4.